The van der Waals surface area contributed by atoms with Gasteiger partial charge in [0, 0.05) is 13.6 Å². The molecule has 0 saturated heterocycles. The van der Waals surface area contributed by atoms with E-state index in [1.165, 1.54) is 10.6 Å². The average Bonchev–Trinajstić information content (AvgIpc) is 2.01. The highest BCUT2D eigenvalue weighted by Gasteiger charge is 2.13. The molecule has 78 valence electrons. The Labute approximate surface area is 86.1 Å². The summed E-state index contributed by atoms with van der Waals surface area (Å²) in [5.74, 6) is 0. The van der Waals surface area contributed by atoms with Gasteiger partial charge in [0.1, 0.15) is 0 Å². The molecule has 0 atom stereocenters. The first-order valence-corrected chi connectivity index (χ1v) is 4.89. The van der Waals surface area contributed by atoms with Crippen molar-refractivity contribution in [3.8, 4) is 0 Å². The fourth-order valence-corrected chi connectivity index (χ4v) is 1.40. The van der Waals surface area contributed by atoms with Crippen LogP contribution in [0.3, 0.4) is 0 Å². The molecular formula is C12H19NO. The predicted molar refractivity (Wildman–Crippen MR) is 58.4 cm³/mol. The number of benzene rings is 1. The van der Waals surface area contributed by atoms with Crippen LogP contribution in [0.5, 0.6) is 0 Å². The first-order chi connectivity index (χ1) is 6.39. The quantitative estimate of drug-likeness (QED) is 0.730. The second-order valence-electron chi connectivity index (χ2n) is 4.77. The summed E-state index contributed by atoms with van der Waals surface area (Å²) in [5.41, 5.74) is 2.61. The highest BCUT2D eigenvalue weighted by Crippen LogP contribution is 2.22. The first-order valence-electron chi connectivity index (χ1n) is 4.89. The van der Waals surface area contributed by atoms with Crippen LogP contribution in [0.25, 0.3) is 0 Å². The zero-order chi connectivity index (χ0) is 10.8. The Morgan fingerprint density at radius 1 is 1.29 bits per heavy atom. The number of rotatable bonds is 2. The van der Waals surface area contributed by atoms with Crippen molar-refractivity contribution in [3.05, 3.63) is 35.4 Å². The molecule has 0 aliphatic carbocycles. The lowest BCUT2D eigenvalue weighted by atomic mass is 9.86. The van der Waals surface area contributed by atoms with Gasteiger partial charge in [-0.3, -0.25) is 0 Å². The molecule has 1 aromatic rings. The molecule has 2 nitrogen and oxygen atoms in total. The maximum Gasteiger partial charge on any atom is 0.0485 e. The first kappa shape index (κ1) is 11.2. The van der Waals surface area contributed by atoms with Crippen molar-refractivity contribution in [2.24, 2.45) is 0 Å². The molecule has 0 aliphatic heterocycles. The lowest BCUT2D eigenvalue weighted by Gasteiger charge is -2.20. The summed E-state index contributed by atoms with van der Waals surface area (Å²) in [6, 6.07) is 8.34. The van der Waals surface area contributed by atoms with Crippen LogP contribution in [0, 0.1) is 0 Å². The van der Waals surface area contributed by atoms with Crippen LogP contribution in [0.4, 0.5) is 0 Å². The largest absolute Gasteiger partial charge is 0.314 e. The molecule has 0 fully saturated rings. The molecule has 1 rings (SSSR count). The van der Waals surface area contributed by atoms with Gasteiger partial charge in [0.2, 0.25) is 0 Å². The molecule has 1 aromatic carbocycles. The second kappa shape index (κ2) is 4.11. The van der Waals surface area contributed by atoms with Gasteiger partial charge in [-0.15, -0.1) is 0 Å². The smallest absolute Gasteiger partial charge is 0.0485 e. The van der Waals surface area contributed by atoms with Crippen molar-refractivity contribution >= 4 is 0 Å². The van der Waals surface area contributed by atoms with Crippen molar-refractivity contribution < 1.29 is 5.21 Å². The number of hydrogen-bond donors (Lipinski definition) is 1. The fraction of sp³-hybridized carbons (Fsp3) is 0.500. The summed E-state index contributed by atoms with van der Waals surface area (Å²) in [7, 11) is 1.66. The summed E-state index contributed by atoms with van der Waals surface area (Å²) in [6.07, 6.45) is 0. The third kappa shape index (κ3) is 3.13. The summed E-state index contributed by atoms with van der Waals surface area (Å²) in [5, 5.41) is 10.3. The molecule has 2 heteroatoms. The summed E-state index contributed by atoms with van der Waals surface area (Å²) < 4.78 is 0. The van der Waals surface area contributed by atoms with Gasteiger partial charge in [-0.2, -0.15) is 5.06 Å². The zero-order valence-corrected chi connectivity index (χ0v) is 9.41. The van der Waals surface area contributed by atoms with E-state index in [1.807, 2.05) is 12.1 Å². The Hall–Kier alpha value is -0.860. The van der Waals surface area contributed by atoms with Crippen LogP contribution >= 0.6 is 0 Å². The van der Waals surface area contributed by atoms with Gasteiger partial charge in [-0.1, -0.05) is 45.0 Å². The molecule has 0 bridgehead atoms. The topological polar surface area (TPSA) is 23.5 Å². The average molecular weight is 193 g/mol. The van der Waals surface area contributed by atoms with Crippen LogP contribution in [0.15, 0.2) is 24.3 Å². The van der Waals surface area contributed by atoms with E-state index in [2.05, 4.69) is 32.9 Å². The molecule has 0 radical (unpaired) electrons. The van der Waals surface area contributed by atoms with E-state index in [0.29, 0.717) is 6.54 Å². The van der Waals surface area contributed by atoms with Gasteiger partial charge in [-0.05, 0) is 16.5 Å². The van der Waals surface area contributed by atoms with E-state index in [-0.39, 0.29) is 5.41 Å². The minimum absolute atomic E-state index is 0.171. The standard InChI is InChI=1S/C12H19NO/c1-12(2,3)11-7-5-6-10(8-11)9-13(4)14/h5-8,14H,9H2,1-4H3. The van der Waals surface area contributed by atoms with Crippen LogP contribution in [-0.4, -0.2) is 17.3 Å². The number of hydroxylamine groups is 2. The Kier molecular flexibility index (Phi) is 3.29. The monoisotopic (exact) mass is 193 g/mol. The maximum atomic E-state index is 9.13. The maximum absolute atomic E-state index is 9.13. The summed E-state index contributed by atoms with van der Waals surface area (Å²) >= 11 is 0. The van der Waals surface area contributed by atoms with Crippen LogP contribution in [0.2, 0.25) is 0 Å². The van der Waals surface area contributed by atoms with Gasteiger partial charge in [0.15, 0.2) is 0 Å². The Morgan fingerprint density at radius 2 is 1.93 bits per heavy atom. The molecule has 1 N–H and O–H groups in total. The highest BCUT2D eigenvalue weighted by atomic mass is 16.5. The minimum Gasteiger partial charge on any atom is -0.314 e. The Morgan fingerprint density at radius 3 is 2.43 bits per heavy atom. The zero-order valence-electron chi connectivity index (χ0n) is 9.41. The van der Waals surface area contributed by atoms with Crippen molar-refractivity contribution in [2.75, 3.05) is 7.05 Å². The van der Waals surface area contributed by atoms with Gasteiger partial charge in [-0.25, -0.2) is 0 Å². The fourth-order valence-electron chi connectivity index (χ4n) is 1.40. The number of hydrogen-bond acceptors (Lipinski definition) is 2. The predicted octanol–water partition coefficient (Wildman–Crippen LogP) is 2.81. The van der Waals surface area contributed by atoms with E-state index < -0.39 is 0 Å². The SMILES string of the molecule is CN(O)Cc1cccc(C(C)(C)C)c1. The van der Waals surface area contributed by atoms with Crippen molar-refractivity contribution in [1.82, 2.24) is 5.06 Å². The molecule has 0 unspecified atom stereocenters. The Bertz CT molecular complexity index is 299. The molecule has 0 spiro atoms. The summed E-state index contributed by atoms with van der Waals surface area (Å²) in [6.45, 7) is 7.14. The van der Waals surface area contributed by atoms with E-state index >= 15 is 0 Å². The van der Waals surface area contributed by atoms with Gasteiger partial charge in [0.25, 0.3) is 0 Å². The number of nitrogens with zero attached hydrogens (tertiary/aromatic N) is 1. The normalized spacial score (nSPS) is 12.1. The third-order valence-corrected chi connectivity index (χ3v) is 2.20. The van der Waals surface area contributed by atoms with Crippen molar-refractivity contribution in [2.45, 2.75) is 32.7 Å². The molecule has 0 aromatic heterocycles. The highest BCUT2D eigenvalue weighted by molar-refractivity contribution is 5.28. The molecule has 0 aliphatic rings. The van der Waals surface area contributed by atoms with Crippen LogP contribution in [-0.2, 0) is 12.0 Å². The molecule has 0 saturated carbocycles. The van der Waals surface area contributed by atoms with Gasteiger partial charge in [0.05, 0.1) is 0 Å². The minimum atomic E-state index is 0.171. The van der Waals surface area contributed by atoms with Crippen LogP contribution < -0.4 is 0 Å². The molecular weight excluding hydrogens is 174 g/mol. The lowest BCUT2D eigenvalue weighted by Crippen LogP contribution is -2.14. The third-order valence-electron chi connectivity index (χ3n) is 2.20. The van der Waals surface area contributed by atoms with Gasteiger partial charge < -0.3 is 5.21 Å². The lowest BCUT2D eigenvalue weighted by molar-refractivity contribution is -0.0731. The van der Waals surface area contributed by atoms with Crippen molar-refractivity contribution in [1.29, 1.82) is 0 Å². The summed E-state index contributed by atoms with van der Waals surface area (Å²) in [4.78, 5) is 0. The van der Waals surface area contributed by atoms with E-state index in [9.17, 15) is 0 Å². The molecule has 14 heavy (non-hydrogen) atoms. The van der Waals surface area contributed by atoms with Crippen LogP contribution in [0.1, 0.15) is 31.9 Å². The molecule has 0 amide bonds. The molecule has 0 heterocycles. The van der Waals surface area contributed by atoms with Gasteiger partial charge >= 0.3 is 0 Å². The Balaban J connectivity index is 2.90. The van der Waals surface area contributed by atoms with E-state index in [4.69, 9.17) is 5.21 Å². The van der Waals surface area contributed by atoms with Crippen molar-refractivity contribution in [3.63, 3.8) is 0 Å². The van der Waals surface area contributed by atoms with E-state index in [0.717, 1.165) is 5.56 Å². The second-order valence-corrected chi connectivity index (χ2v) is 4.77. The van der Waals surface area contributed by atoms with E-state index in [1.54, 1.807) is 7.05 Å².